The van der Waals surface area contributed by atoms with E-state index in [9.17, 15) is 4.79 Å². The number of fused-ring (bicyclic) bond motifs is 1. The molecule has 1 aromatic carbocycles. The summed E-state index contributed by atoms with van der Waals surface area (Å²) in [6.45, 7) is 2.93. The molecule has 1 amide bonds. The average molecular weight is 290 g/mol. The van der Waals surface area contributed by atoms with Crippen LogP contribution in [0.4, 0.5) is 0 Å². The molecule has 2 rings (SSSR count). The fraction of sp³-hybridized carbons (Fsp3) is 0.438. The summed E-state index contributed by atoms with van der Waals surface area (Å²) in [5, 5.41) is 4.23. The Labute approximate surface area is 124 Å². The monoisotopic (exact) mass is 290 g/mol. The van der Waals surface area contributed by atoms with Crippen molar-refractivity contribution in [1.29, 1.82) is 0 Å². The molecule has 1 aromatic heterocycles. The van der Waals surface area contributed by atoms with Crippen molar-refractivity contribution >= 4 is 28.6 Å². The van der Waals surface area contributed by atoms with Gasteiger partial charge in [0.15, 0.2) is 0 Å². The van der Waals surface area contributed by atoms with E-state index in [4.69, 9.17) is 0 Å². The van der Waals surface area contributed by atoms with Crippen molar-refractivity contribution in [2.75, 3.05) is 18.6 Å². The van der Waals surface area contributed by atoms with Crippen LogP contribution in [0.15, 0.2) is 30.5 Å². The van der Waals surface area contributed by atoms with Crippen LogP contribution in [0.5, 0.6) is 0 Å². The maximum atomic E-state index is 11.9. The third-order valence-corrected chi connectivity index (χ3v) is 4.30. The highest BCUT2D eigenvalue weighted by Crippen LogP contribution is 2.18. The first-order chi connectivity index (χ1) is 9.70. The molecule has 0 aliphatic carbocycles. The smallest absolute Gasteiger partial charge is 0.220 e. The number of thioether (sulfide) groups is 1. The maximum Gasteiger partial charge on any atom is 0.220 e. The molecule has 1 atom stereocenters. The van der Waals surface area contributed by atoms with E-state index in [0.29, 0.717) is 12.3 Å². The third kappa shape index (κ3) is 4.04. The minimum absolute atomic E-state index is 0.142. The molecule has 3 nitrogen and oxygen atoms in total. The first-order valence-electron chi connectivity index (χ1n) is 7.01. The van der Waals surface area contributed by atoms with Crippen molar-refractivity contribution in [3.8, 4) is 0 Å². The van der Waals surface area contributed by atoms with Gasteiger partial charge in [-0.05, 0) is 36.0 Å². The molecule has 108 valence electrons. The summed E-state index contributed by atoms with van der Waals surface area (Å²) in [4.78, 5) is 15.1. The molecule has 0 aliphatic heterocycles. The normalized spacial score (nSPS) is 12.5. The summed E-state index contributed by atoms with van der Waals surface area (Å²) in [6.07, 6.45) is 5.43. The molecule has 0 radical (unpaired) electrons. The number of rotatable bonds is 7. The average Bonchev–Trinajstić information content (AvgIpc) is 2.86. The van der Waals surface area contributed by atoms with Gasteiger partial charge in [0.25, 0.3) is 0 Å². The lowest BCUT2D eigenvalue weighted by Crippen LogP contribution is -2.29. The Balaban J connectivity index is 1.81. The summed E-state index contributed by atoms with van der Waals surface area (Å²) in [5.74, 6) is 1.76. The van der Waals surface area contributed by atoms with Crippen LogP contribution in [0.25, 0.3) is 10.9 Å². The number of carbonyl (C=O) groups is 1. The second kappa shape index (κ2) is 7.39. The molecule has 0 saturated heterocycles. The number of para-hydroxylation sites is 1. The Kier molecular flexibility index (Phi) is 5.53. The number of aryl methyl sites for hydroxylation is 1. The van der Waals surface area contributed by atoms with Crippen LogP contribution in [0.1, 0.15) is 18.9 Å². The summed E-state index contributed by atoms with van der Waals surface area (Å²) in [5.41, 5.74) is 2.35. The molecule has 0 fully saturated rings. The van der Waals surface area contributed by atoms with Gasteiger partial charge in [0.2, 0.25) is 5.91 Å². The highest BCUT2D eigenvalue weighted by molar-refractivity contribution is 7.98. The Hall–Kier alpha value is -1.42. The SMILES string of the molecule is CSCC(C)CNC(=O)CCc1c[nH]c2ccccc12. The summed E-state index contributed by atoms with van der Waals surface area (Å²) < 4.78 is 0. The molecule has 2 aromatic rings. The lowest BCUT2D eigenvalue weighted by Gasteiger charge is -2.10. The van der Waals surface area contributed by atoms with Gasteiger partial charge in [-0.15, -0.1) is 0 Å². The van der Waals surface area contributed by atoms with Crippen molar-refractivity contribution in [3.05, 3.63) is 36.0 Å². The van der Waals surface area contributed by atoms with Crippen molar-refractivity contribution in [1.82, 2.24) is 10.3 Å². The number of hydrogen-bond acceptors (Lipinski definition) is 2. The number of aromatic amines is 1. The van der Waals surface area contributed by atoms with Gasteiger partial charge in [0.1, 0.15) is 0 Å². The predicted octanol–water partition coefficient (Wildman–Crippen LogP) is 3.22. The molecule has 4 heteroatoms. The largest absolute Gasteiger partial charge is 0.361 e. The van der Waals surface area contributed by atoms with Gasteiger partial charge in [-0.1, -0.05) is 25.1 Å². The molecule has 0 saturated carbocycles. The first-order valence-corrected chi connectivity index (χ1v) is 8.40. The zero-order valence-corrected chi connectivity index (χ0v) is 12.9. The number of H-pyrrole nitrogens is 1. The Morgan fingerprint density at radius 2 is 2.20 bits per heavy atom. The lowest BCUT2D eigenvalue weighted by atomic mass is 10.1. The van der Waals surface area contributed by atoms with E-state index >= 15 is 0 Å². The van der Waals surface area contributed by atoms with E-state index in [1.807, 2.05) is 30.1 Å². The lowest BCUT2D eigenvalue weighted by molar-refractivity contribution is -0.121. The number of nitrogens with one attached hydrogen (secondary N) is 2. The number of aromatic nitrogens is 1. The Morgan fingerprint density at radius 1 is 1.40 bits per heavy atom. The van der Waals surface area contributed by atoms with Crippen molar-refractivity contribution in [2.24, 2.45) is 5.92 Å². The summed E-state index contributed by atoms with van der Waals surface area (Å²) in [6, 6.07) is 8.20. The predicted molar refractivity (Wildman–Crippen MR) is 87.2 cm³/mol. The number of benzene rings is 1. The van der Waals surface area contributed by atoms with Crippen LogP contribution in [-0.2, 0) is 11.2 Å². The van der Waals surface area contributed by atoms with E-state index in [2.05, 4.69) is 35.6 Å². The minimum atomic E-state index is 0.142. The third-order valence-electron chi connectivity index (χ3n) is 3.40. The quantitative estimate of drug-likeness (QED) is 0.822. The Bertz CT molecular complexity index is 564. The van der Waals surface area contributed by atoms with Gasteiger partial charge in [-0.3, -0.25) is 4.79 Å². The van der Waals surface area contributed by atoms with E-state index < -0.39 is 0 Å². The summed E-state index contributed by atoms with van der Waals surface area (Å²) >= 11 is 1.82. The van der Waals surface area contributed by atoms with Crippen LogP contribution in [0.2, 0.25) is 0 Å². The van der Waals surface area contributed by atoms with Crippen molar-refractivity contribution < 1.29 is 4.79 Å². The van der Waals surface area contributed by atoms with E-state index in [1.165, 1.54) is 10.9 Å². The number of carbonyl (C=O) groups excluding carboxylic acids is 1. The standard InChI is InChI=1S/C16H22N2OS/c1-12(11-20-2)9-18-16(19)8-7-13-10-17-15-6-4-3-5-14(13)15/h3-6,10,12,17H,7-9,11H2,1-2H3,(H,18,19). The topological polar surface area (TPSA) is 44.9 Å². The molecule has 1 unspecified atom stereocenters. The molecule has 20 heavy (non-hydrogen) atoms. The second-order valence-corrected chi connectivity index (χ2v) is 6.13. The van der Waals surface area contributed by atoms with Gasteiger partial charge in [0.05, 0.1) is 0 Å². The van der Waals surface area contributed by atoms with E-state index in [0.717, 1.165) is 24.2 Å². The van der Waals surface area contributed by atoms with Crippen molar-refractivity contribution in [3.63, 3.8) is 0 Å². The molecule has 0 spiro atoms. The van der Waals surface area contributed by atoms with Crippen LogP contribution in [0.3, 0.4) is 0 Å². The highest BCUT2D eigenvalue weighted by Gasteiger charge is 2.08. The van der Waals surface area contributed by atoms with Crippen LogP contribution >= 0.6 is 11.8 Å². The minimum Gasteiger partial charge on any atom is -0.361 e. The number of hydrogen-bond donors (Lipinski definition) is 2. The van der Waals surface area contributed by atoms with E-state index in [-0.39, 0.29) is 5.91 Å². The molecule has 2 N–H and O–H groups in total. The van der Waals surface area contributed by atoms with Crippen LogP contribution in [0, 0.1) is 5.92 Å². The fourth-order valence-corrected chi connectivity index (χ4v) is 2.99. The first kappa shape index (κ1) is 15.0. The van der Waals surface area contributed by atoms with Gasteiger partial charge in [-0.2, -0.15) is 11.8 Å². The molecule has 1 heterocycles. The maximum absolute atomic E-state index is 11.9. The van der Waals surface area contributed by atoms with Crippen molar-refractivity contribution in [2.45, 2.75) is 19.8 Å². The molecular weight excluding hydrogens is 268 g/mol. The molecule has 0 aliphatic rings. The molecular formula is C16H22N2OS. The highest BCUT2D eigenvalue weighted by atomic mass is 32.2. The van der Waals surface area contributed by atoms with Gasteiger partial charge >= 0.3 is 0 Å². The summed E-state index contributed by atoms with van der Waals surface area (Å²) in [7, 11) is 0. The number of amides is 1. The fourth-order valence-electron chi connectivity index (χ4n) is 2.31. The molecule has 0 bridgehead atoms. The van der Waals surface area contributed by atoms with Gasteiger partial charge in [0, 0.05) is 30.1 Å². The van der Waals surface area contributed by atoms with Gasteiger partial charge < -0.3 is 10.3 Å². The second-order valence-electron chi connectivity index (χ2n) is 5.22. The Morgan fingerprint density at radius 3 is 3.00 bits per heavy atom. The zero-order valence-electron chi connectivity index (χ0n) is 12.1. The van der Waals surface area contributed by atoms with E-state index in [1.54, 1.807) is 0 Å². The zero-order chi connectivity index (χ0) is 14.4. The van der Waals surface area contributed by atoms with Crippen LogP contribution in [-0.4, -0.2) is 29.4 Å². The van der Waals surface area contributed by atoms with Gasteiger partial charge in [-0.25, -0.2) is 0 Å². The van der Waals surface area contributed by atoms with Crippen LogP contribution < -0.4 is 5.32 Å².